The summed E-state index contributed by atoms with van der Waals surface area (Å²) in [6.07, 6.45) is 12.9. The lowest BCUT2D eigenvalue weighted by atomic mass is 9.71. The van der Waals surface area contributed by atoms with Crippen LogP contribution in [0.2, 0.25) is 0 Å². The monoisotopic (exact) mass is 228 g/mol. The Labute approximate surface area is 99.8 Å². The molecule has 3 unspecified atom stereocenters. The SMILES string of the molecule is CCCCCCC1(CCl)CC2CCC1C2. The van der Waals surface area contributed by atoms with Crippen molar-refractivity contribution in [3.05, 3.63) is 0 Å². The maximum atomic E-state index is 6.27. The molecule has 88 valence electrons. The van der Waals surface area contributed by atoms with E-state index in [1.54, 1.807) is 0 Å². The van der Waals surface area contributed by atoms with Crippen molar-refractivity contribution >= 4 is 11.6 Å². The van der Waals surface area contributed by atoms with Gasteiger partial charge in [-0.1, -0.05) is 39.0 Å². The topological polar surface area (TPSA) is 0 Å². The molecule has 0 nitrogen and oxygen atoms in total. The number of halogens is 1. The lowest BCUT2D eigenvalue weighted by Gasteiger charge is -2.36. The number of hydrogen-bond acceptors (Lipinski definition) is 0. The molecule has 2 saturated carbocycles. The molecular formula is C14H25Cl. The van der Waals surface area contributed by atoms with E-state index in [2.05, 4.69) is 6.92 Å². The molecule has 3 atom stereocenters. The van der Waals surface area contributed by atoms with Crippen molar-refractivity contribution in [2.24, 2.45) is 17.3 Å². The number of unbranched alkanes of at least 4 members (excludes halogenated alkanes) is 3. The van der Waals surface area contributed by atoms with Crippen molar-refractivity contribution in [3.8, 4) is 0 Å². The van der Waals surface area contributed by atoms with Crippen molar-refractivity contribution in [2.45, 2.75) is 64.7 Å². The van der Waals surface area contributed by atoms with Gasteiger partial charge in [-0.05, 0) is 42.9 Å². The fourth-order valence-electron chi connectivity index (χ4n) is 4.00. The van der Waals surface area contributed by atoms with Crippen molar-refractivity contribution in [2.75, 3.05) is 5.88 Å². The number of hydrogen-bond donors (Lipinski definition) is 0. The molecule has 15 heavy (non-hydrogen) atoms. The molecule has 1 heteroatoms. The maximum Gasteiger partial charge on any atom is 0.0282 e. The van der Waals surface area contributed by atoms with Gasteiger partial charge in [0.1, 0.15) is 0 Å². The Balaban J connectivity index is 1.81. The summed E-state index contributed by atoms with van der Waals surface area (Å²) >= 11 is 6.27. The lowest BCUT2D eigenvalue weighted by molar-refractivity contribution is 0.172. The molecule has 0 aromatic rings. The van der Waals surface area contributed by atoms with Gasteiger partial charge >= 0.3 is 0 Å². The van der Waals surface area contributed by atoms with E-state index in [0.717, 1.165) is 17.7 Å². The molecule has 0 spiro atoms. The first-order valence-electron chi connectivity index (χ1n) is 6.86. The standard InChI is InChI=1S/C14H25Cl/c1-2-3-4-5-8-14(11-15)10-12-6-7-13(14)9-12/h12-13H,2-11H2,1H3. The molecule has 0 heterocycles. The summed E-state index contributed by atoms with van der Waals surface area (Å²) in [7, 11) is 0. The van der Waals surface area contributed by atoms with E-state index in [1.165, 1.54) is 57.8 Å². The molecule has 2 aliphatic rings. The summed E-state index contributed by atoms with van der Waals surface area (Å²) in [4.78, 5) is 0. The smallest absolute Gasteiger partial charge is 0.0282 e. The van der Waals surface area contributed by atoms with Crippen LogP contribution in [0.1, 0.15) is 64.7 Å². The molecule has 2 bridgehead atoms. The maximum absolute atomic E-state index is 6.27. The van der Waals surface area contributed by atoms with E-state index in [0.29, 0.717) is 5.41 Å². The minimum atomic E-state index is 0.568. The summed E-state index contributed by atoms with van der Waals surface area (Å²) in [5.74, 6) is 2.96. The van der Waals surface area contributed by atoms with Crippen LogP contribution in [0.3, 0.4) is 0 Å². The quantitative estimate of drug-likeness (QED) is 0.443. The van der Waals surface area contributed by atoms with Gasteiger partial charge < -0.3 is 0 Å². The van der Waals surface area contributed by atoms with E-state index >= 15 is 0 Å². The third-order valence-corrected chi connectivity index (χ3v) is 5.43. The highest BCUT2D eigenvalue weighted by Crippen LogP contribution is 2.58. The van der Waals surface area contributed by atoms with Crippen molar-refractivity contribution < 1.29 is 0 Å². The fraction of sp³-hybridized carbons (Fsp3) is 1.00. The normalized spacial score (nSPS) is 38.8. The van der Waals surface area contributed by atoms with Crippen LogP contribution in [-0.2, 0) is 0 Å². The second-order valence-electron chi connectivity index (χ2n) is 5.89. The Kier molecular flexibility index (Phi) is 3.98. The first-order valence-corrected chi connectivity index (χ1v) is 7.40. The predicted octanol–water partition coefficient (Wildman–Crippen LogP) is 5.00. The Hall–Kier alpha value is 0.290. The van der Waals surface area contributed by atoms with Crippen LogP contribution in [0.5, 0.6) is 0 Å². The number of rotatable bonds is 6. The van der Waals surface area contributed by atoms with Gasteiger partial charge in [-0.15, -0.1) is 11.6 Å². The summed E-state index contributed by atoms with van der Waals surface area (Å²) in [5, 5.41) is 0. The molecule has 2 fully saturated rings. The summed E-state index contributed by atoms with van der Waals surface area (Å²) in [6, 6.07) is 0. The van der Waals surface area contributed by atoms with Crippen LogP contribution in [-0.4, -0.2) is 5.88 Å². The van der Waals surface area contributed by atoms with Gasteiger partial charge in [0.25, 0.3) is 0 Å². The third kappa shape index (κ3) is 2.35. The third-order valence-electron chi connectivity index (χ3n) is 4.90. The van der Waals surface area contributed by atoms with Gasteiger partial charge in [0, 0.05) is 5.88 Å². The minimum Gasteiger partial charge on any atom is -0.126 e. The van der Waals surface area contributed by atoms with Crippen molar-refractivity contribution in [1.82, 2.24) is 0 Å². The van der Waals surface area contributed by atoms with Crippen molar-refractivity contribution in [3.63, 3.8) is 0 Å². The van der Waals surface area contributed by atoms with Gasteiger partial charge in [-0.2, -0.15) is 0 Å². The highest BCUT2D eigenvalue weighted by Gasteiger charge is 2.49. The molecule has 2 aliphatic carbocycles. The van der Waals surface area contributed by atoms with E-state index in [1.807, 2.05) is 0 Å². The summed E-state index contributed by atoms with van der Waals surface area (Å²) in [5.41, 5.74) is 0.568. The van der Waals surface area contributed by atoms with Crippen LogP contribution >= 0.6 is 11.6 Å². The molecule has 0 radical (unpaired) electrons. The Morgan fingerprint density at radius 1 is 1.20 bits per heavy atom. The summed E-state index contributed by atoms with van der Waals surface area (Å²) in [6.45, 7) is 2.29. The summed E-state index contributed by atoms with van der Waals surface area (Å²) < 4.78 is 0. The molecule has 0 N–H and O–H groups in total. The molecule has 0 amide bonds. The van der Waals surface area contributed by atoms with E-state index in [-0.39, 0.29) is 0 Å². The largest absolute Gasteiger partial charge is 0.126 e. The molecule has 2 rings (SSSR count). The zero-order valence-electron chi connectivity index (χ0n) is 10.1. The Bertz CT molecular complexity index is 202. The van der Waals surface area contributed by atoms with Crippen LogP contribution in [0.15, 0.2) is 0 Å². The predicted molar refractivity (Wildman–Crippen MR) is 67.4 cm³/mol. The van der Waals surface area contributed by atoms with Crippen LogP contribution in [0.25, 0.3) is 0 Å². The van der Waals surface area contributed by atoms with E-state index in [9.17, 15) is 0 Å². The molecule has 0 aromatic carbocycles. The molecule has 0 aromatic heterocycles. The average Bonchev–Trinajstić information content (AvgIpc) is 2.85. The molecular weight excluding hydrogens is 204 g/mol. The van der Waals surface area contributed by atoms with Gasteiger partial charge in [0.05, 0.1) is 0 Å². The average molecular weight is 229 g/mol. The Morgan fingerprint density at radius 2 is 2.07 bits per heavy atom. The second-order valence-corrected chi connectivity index (χ2v) is 6.15. The highest BCUT2D eigenvalue weighted by atomic mass is 35.5. The van der Waals surface area contributed by atoms with Gasteiger partial charge in [0.15, 0.2) is 0 Å². The Morgan fingerprint density at radius 3 is 2.60 bits per heavy atom. The first kappa shape index (κ1) is 11.8. The zero-order chi connectivity index (χ0) is 10.7. The second kappa shape index (κ2) is 5.08. The highest BCUT2D eigenvalue weighted by molar-refractivity contribution is 6.18. The first-order chi connectivity index (χ1) is 7.30. The fourth-order valence-corrected chi connectivity index (χ4v) is 4.46. The minimum absolute atomic E-state index is 0.568. The van der Waals surface area contributed by atoms with Gasteiger partial charge in [-0.3, -0.25) is 0 Å². The zero-order valence-corrected chi connectivity index (χ0v) is 10.9. The van der Waals surface area contributed by atoms with E-state index < -0.39 is 0 Å². The molecule has 0 aliphatic heterocycles. The van der Waals surface area contributed by atoms with Gasteiger partial charge in [0.2, 0.25) is 0 Å². The number of alkyl halides is 1. The van der Waals surface area contributed by atoms with Gasteiger partial charge in [-0.25, -0.2) is 0 Å². The number of fused-ring (bicyclic) bond motifs is 2. The lowest BCUT2D eigenvalue weighted by Crippen LogP contribution is -2.29. The van der Waals surface area contributed by atoms with Crippen LogP contribution in [0.4, 0.5) is 0 Å². The van der Waals surface area contributed by atoms with Crippen LogP contribution < -0.4 is 0 Å². The van der Waals surface area contributed by atoms with E-state index in [4.69, 9.17) is 11.6 Å². The van der Waals surface area contributed by atoms with Crippen molar-refractivity contribution in [1.29, 1.82) is 0 Å². The van der Waals surface area contributed by atoms with Crippen LogP contribution in [0, 0.1) is 17.3 Å². The molecule has 0 saturated heterocycles.